The van der Waals surface area contributed by atoms with Gasteiger partial charge in [0.1, 0.15) is 24.4 Å². The van der Waals surface area contributed by atoms with Gasteiger partial charge in [0, 0.05) is 32.0 Å². The predicted octanol–water partition coefficient (Wildman–Crippen LogP) is 7.62. The lowest BCUT2D eigenvalue weighted by Crippen LogP contribution is -2.53. The maximum Gasteiger partial charge on any atom is 0.293 e. The minimum atomic E-state index is -1.54. The molecule has 0 spiro atoms. The van der Waals surface area contributed by atoms with Crippen LogP contribution in [0.1, 0.15) is 145 Å². The van der Waals surface area contributed by atoms with Gasteiger partial charge in [-0.3, -0.25) is 14.4 Å². The number of amides is 1. The van der Waals surface area contributed by atoms with E-state index in [2.05, 4.69) is 20.8 Å². The molecular weight excluding hydrogens is 831 g/mol. The number of carbonyl (C=O) groups is 3. The number of Topliss-reactive ketones (excluding diaryl/α,β-unsaturated/α-hetero) is 2. The number of ether oxygens (including phenoxy) is 4. The van der Waals surface area contributed by atoms with Crippen LogP contribution in [0, 0.1) is 29.1 Å². The zero-order valence-corrected chi connectivity index (χ0v) is 41.1. The zero-order chi connectivity index (χ0) is 47.1. The van der Waals surface area contributed by atoms with E-state index in [0.717, 1.165) is 69.8 Å². The molecule has 64 heavy (non-hydrogen) atoms. The second kappa shape index (κ2) is 25.9. The number of aliphatic hydroxyl groups excluding tert-OH is 2. The van der Waals surface area contributed by atoms with Crippen LogP contribution < -0.4 is 11.5 Å². The summed E-state index contributed by atoms with van der Waals surface area (Å²) in [6.07, 6.45) is 18.4. The Kier molecular flexibility index (Phi) is 21.8. The summed E-state index contributed by atoms with van der Waals surface area (Å²) < 4.78 is 24.9. The Morgan fingerprint density at radius 3 is 2.30 bits per heavy atom. The maximum absolute atomic E-state index is 14.1. The topological polar surface area (TPSA) is 184 Å². The number of rotatable bonds is 6. The van der Waals surface area contributed by atoms with E-state index in [1.54, 1.807) is 25.9 Å². The quantitative estimate of drug-likeness (QED) is 0.116. The first kappa shape index (κ1) is 53.8. The number of carbonyl (C=O) groups excluding carboxylic acids is 3. The Labute approximate surface area is 390 Å². The molecule has 11 atom stereocenters. The van der Waals surface area contributed by atoms with Gasteiger partial charge in [0.15, 0.2) is 5.78 Å². The second-order valence-electron chi connectivity index (χ2n) is 20.1. The molecule has 4 rings (SSSR count). The van der Waals surface area contributed by atoms with Crippen LogP contribution in [-0.2, 0) is 33.3 Å². The van der Waals surface area contributed by atoms with Gasteiger partial charge < -0.3 is 45.5 Å². The third-order valence-corrected chi connectivity index (χ3v) is 14.9. The van der Waals surface area contributed by atoms with Crippen molar-refractivity contribution < 1.29 is 43.5 Å². The molecule has 13 heteroatoms. The fourth-order valence-corrected chi connectivity index (χ4v) is 10.7. The number of hydrogen-bond donors (Lipinski definition) is 4. The minimum Gasteiger partial charge on any atom is -0.468 e. The lowest BCUT2D eigenvalue weighted by molar-refractivity contribution is -0.159. The van der Waals surface area contributed by atoms with Gasteiger partial charge in [0.2, 0.25) is 5.78 Å². The summed E-state index contributed by atoms with van der Waals surface area (Å²) in [6.45, 7) is 14.9. The van der Waals surface area contributed by atoms with Crippen molar-refractivity contribution in [3.8, 4) is 0 Å². The van der Waals surface area contributed by atoms with Crippen LogP contribution in [0.25, 0.3) is 0 Å². The first-order valence-corrected chi connectivity index (χ1v) is 24.7. The van der Waals surface area contributed by atoms with Gasteiger partial charge in [0.25, 0.3) is 11.1 Å². The van der Waals surface area contributed by atoms with E-state index in [4.69, 9.17) is 42.6 Å². The smallest absolute Gasteiger partial charge is 0.293 e. The van der Waals surface area contributed by atoms with Gasteiger partial charge >= 0.3 is 0 Å². The van der Waals surface area contributed by atoms with Crippen LogP contribution in [0.2, 0.25) is 0 Å². The third kappa shape index (κ3) is 15.7. The van der Waals surface area contributed by atoms with E-state index in [9.17, 15) is 24.6 Å². The summed E-state index contributed by atoms with van der Waals surface area (Å²) in [5.41, 5.74) is 14.5. The number of aliphatic hydroxyl groups is 2. The van der Waals surface area contributed by atoms with Crippen molar-refractivity contribution in [3.63, 3.8) is 0 Å². The average molecular weight is 914 g/mol. The monoisotopic (exact) mass is 914 g/mol. The van der Waals surface area contributed by atoms with Crippen molar-refractivity contribution >= 4 is 34.9 Å². The van der Waals surface area contributed by atoms with Crippen molar-refractivity contribution in [2.24, 2.45) is 40.6 Å². The van der Waals surface area contributed by atoms with Crippen molar-refractivity contribution in [3.05, 3.63) is 47.6 Å². The molecule has 3 aliphatic heterocycles. The molecule has 1 aliphatic carbocycles. The Morgan fingerprint density at radius 2 is 1.62 bits per heavy atom. The molecular formula is C51H83N3O9S. The fourth-order valence-electron chi connectivity index (χ4n) is 10.6. The summed E-state index contributed by atoms with van der Waals surface area (Å²) in [5.74, 6) is -1.46. The molecule has 3 heterocycles. The van der Waals surface area contributed by atoms with Gasteiger partial charge in [-0.05, 0) is 150 Å². The Hall–Kier alpha value is -2.78. The standard InChI is InChI=1S/C51H83N3O9S/c1-32(2)51(24-22-39(23-25-51)63-50(53)64)30-41(52)42-21-20-34(4)28-37(7)46(56)48(58)45(55)36(6)27-33(3)15-10-9-11-16-35(5)44(60-8)29-40-18-14-19-43(62-40)47(57)49(59)54-26-13-12-17-38(54)31-61-42/h9-11,15-16,28,32-34,36,38-44,46,48,56,58H,12-14,17-27,29-31,52H2,1-8H3,(H2,53,64)/b11-9+,15-10+,35-16+,37-28+/t33-,34?,36-,38+,39-,40+,41-,42+,43?,44+,46-,48+,51+/m1/s1. The lowest BCUT2D eigenvalue weighted by atomic mass is 9.63. The number of nitrogens with zero attached hydrogens (tertiary/aromatic N) is 1. The van der Waals surface area contributed by atoms with Gasteiger partial charge in [0.05, 0.1) is 31.0 Å². The predicted molar refractivity (Wildman–Crippen MR) is 256 cm³/mol. The molecule has 6 N–H and O–H groups in total. The molecule has 1 amide bonds. The van der Waals surface area contributed by atoms with E-state index in [0.29, 0.717) is 50.1 Å². The van der Waals surface area contributed by atoms with Crippen LogP contribution in [0.3, 0.4) is 0 Å². The minimum absolute atomic E-state index is 0.00946. The fraction of sp³-hybridized carbons (Fsp3) is 0.765. The average Bonchev–Trinajstić information content (AvgIpc) is 3.26. The molecule has 1 saturated carbocycles. The van der Waals surface area contributed by atoms with Crippen molar-refractivity contribution in [1.29, 1.82) is 0 Å². The summed E-state index contributed by atoms with van der Waals surface area (Å²) in [6, 6.07) is -0.608. The number of ketones is 2. The molecule has 362 valence electrons. The van der Waals surface area contributed by atoms with Crippen LogP contribution in [0.15, 0.2) is 47.6 Å². The number of nitrogens with two attached hydrogens (primary N) is 2. The number of hydrogen-bond acceptors (Lipinski definition) is 11. The molecule has 2 unspecified atom stereocenters. The van der Waals surface area contributed by atoms with Crippen molar-refractivity contribution in [1.82, 2.24) is 4.90 Å². The van der Waals surface area contributed by atoms with Crippen LogP contribution >= 0.6 is 12.2 Å². The Morgan fingerprint density at radius 1 is 0.906 bits per heavy atom. The van der Waals surface area contributed by atoms with E-state index >= 15 is 0 Å². The summed E-state index contributed by atoms with van der Waals surface area (Å²) >= 11 is 5.04. The van der Waals surface area contributed by atoms with Crippen molar-refractivity contribution in [2.75, 3.05) is 20.3 Å². The highest BCUT2D eigenvalue weighted by Crippen LogP contribution is 2.47. The third-order valence-electron chi connectivity index (χ3n) is 14.8. The summed E-state index contributed by atoms with van der Waals surface area (Å²) in [7, 11) is 1.67. The highest BCUT2D eigenvalue weighted by atomic mass is 32.1. The Bertz CT molecular complexity index is 1650. The summed E-state index contributed by atoms with van der Waals surface area (Å²) in [4.78, 5) is 43.2. The zero-order valence-electron chi connectivity index (χ0n) is 40.3. The largest absolute Gasteiger partial charge is 0.468 e. The first-order chi connectivity index (χ1) is 30.3. The summed E-state index contributed by atoms with van der Waals surface area (Å²) in [5, 5.41) is 22.4. The van der Waals surface area contributed by atoms with E-state index in [1.807, 2.05) is 50.3 Å². The van der Waals surface area contributed by atoms with Gasteiger partial charge in [-0.1, -0.05) is 71.1 Å². The molecule has 0 aromatic rings. The van der Waals surface area contributed by atoms with E-state index in [-0.39, 0.29) is 71.3 Å². The van der Waals surface area contributed by atoms with E-state index < -0.39 is 35.9 Å². The second-order valence-corrected chi connectivity index (χ2v) is 20.5. The number of piperidine rings is 1. The first-order valence-electron chi connectivity index (χ1n) is 24.3. The molecule has 12 nitrogen and oxygen atoms in total. The molecule has 3 fully saturated rings. The molecule has 2 saturated heterocycles. The van der Waals surface area contributed by atoms with Gasteiger partial charge in [-0.25, -0.2) is 0 Å². The Balaban J connectivity index is 1.61. The number of allylic oxidation sites excluding steroid dienone is 6. The molecule has 4 aliphatic rings. The lowest BCUT2D eigenvalue weighted by Gasteiger charge is -2.46. The van der Waals surface area contributed by atoms with Crippen LogP contribution in [0.5, 0.6) is 0 Å². The van der Waals surface area contributed by atoms with Crippen molar-refractivity contribution in [2.45, 2.75) is 200 Å². The number of fused-ring (bicyclic) bond motifs is 3. The maximum atomic E-state index is 14.1. The molecule has 2 bridgehead atoms. The van der Waals surface area contributed by atoms with Gasteiger partial charge in [-0.15, -0.1) is 0 Å². The molecule has 0 radical (unpaired) electrons. The molecule has 0 aromatic heterocycles. The van der Waals surface area contributed by atoms with Crippen LogP contribution in [-0.4, -0.2) is 113 Å². The highest BCUT2D eigenvalue weighted by molar-refractivity contribution is 7.80. The molecule has 0 aromatic carbocycles. The van der Waals surface area contributed by atoms with E-state index in [1.165, 1.54) is 0 Å². The van der Waals surface area contributed by atoms with Crippen LogP contribution in [0.4, 0.5) is 0 Å². The van der Waals surface area contributed by atoms with Gasteiger partial charge in [-0.2, -0.15) is 0 Å². The normalized spacial score (nSPS) is 38.5. The highest BCUT2D eigenvalue weighted by Gasteiger charge is 2.42. The number of thiocarbonyl (C=S) groups is 1. The SMILES string of the molecule is CO[C@H]1C[C@@H]2CCCC(O2)C(=O)C(=O)N2CCCC[C@H]2CO[C@H]([C@H](N)C[C@]2(C(C)C)CC[C@@H](OC(N)=S)CC2)CCC(C)/C=C(\C)[C@@H](O)[C@@H](O)C(=O)[C@H](C)C[C@H](C)/C=C/C=C/C=C/1C. The number of methoxy groups -OCH3 is 1.